The molecule has 10 nitrogen and oxygen atoms in total. The molecule has 0 aliphatic carbocycles. The van der Waals surface area contributed by atoms with Crippen LogP contribution in [0.1, 0.15) is 95.0 Å². The number of amides is 4. The van der Waals surface area contributed by atoms with E-state index in [0.29, 0.717) is 36.4 Å². The van der Waals surface area contributed by atoms with Gasteiger partial charge in [0.25, 0.3) is 11.8 Å². The highest BCUT2D eigenvalue weighted by molar-refractivity contribution is 6.00. The number of carbonyl (C=O) groups excluding carboxylic acids is 4. The van der Waals surface area contributed by atoms with Gasteiger partial charge in [-0.3, -0.25) is 19.2 Å². The molecule has 0 radical (unpaired) electrons. The van der Waals surface area contributed by atoms with Gasteiger partial charge in [-0.15, -0.1) is 0 Å². The first-order valence-corrected chi connectivity index (χ1v) is 19.4. The number of fused-ring (bicyclic) bond motifs is 1. The van der Waals surface area contributed by atoms with Crippen molar-refractivity contribution >= 4 is 29.3 Å². The van der Waals surface area contributed by atoms with Crippen LogP contribution in [-0.2, 0) is 29.1 Å². The summed E-state index contributed by atoms with van der Waals surface area (Å²) in [6, 6.07) is 30.0. The average Bonchev–Trinajstić information content (AvgIpc) is 3.18. The van der Waals surface area contributed by atoms with Crippen LogP contribution in [0.4, 0.5) is 5.69 Å². The lowest BCUT2D eigenvalue weighted by molar-refractivity contribution is -0.120. The van der Waals surface area contributed by atoms with Crippen molar-refractivity contribution in [1.82, 2.24) is 14.7 Å². The van der Waals surface area contributed by atoms with Crippen LogP contribution in [0.5, 0.6) is 5.75 Å². The largest absolute Gasteiger partial charge is 0.494 e. The summed E-state index contributed by atoms with van der Waals surface area (Å²) < 4.78 is 5.99. The van der Waals surface area contributed by atoms with Crippen LogP contribution < -0.4 is 15.8 Å². The minimum absolute atomic E-state index is 0.0153. The molecule has 5 rings (SSSR count). The first-order valence-electron chi connectivity index (χ1n) is 19.4. The number of carbonyl (C=O) groups is 4. The maximum absolute atomic E-state index is 14.5. The molecule has 290 valence electrons. The van der Waals surface area contributed by atoms with Crippen molar-refractivity contribution in [2.24, 2.45) is 11.7 Å². The molecule has 0 bridgehead atoms. The Hall–Kier alpha value is -5.48. The standard InChI is InChI=1S/C45H55N5O5/c1-5-11-35(12-6-2)43(52)47-38-22-19-37-27-41(34-20-23-39(24-21-34)55-26-10-25-48(3)4)50(45(54)40(37)28-38)30-33-15-17-36(18-16-33)44(53)49(31-42(46)51)29-32-13-8-7-9-14-32/h7-9,13-24,28,35,41H,5-6,10-12,25-27,29-31H2,1-4H3,(H2,46,51)(H,47,52). The average molecular weight is 746 g/mol. The van der Waals surface area contributed by atoms with Gasteiger partial charge in [-0.2, -0.15) is 0 Å². The van der Waals surface area contributed by atoms with Crippen LogP contribution in [0, 0.1) is 5.92 Å². The lowest BCUT2D eigenvalue weighted by atomic mass is 9.88. The van der Waals surface area contributed by atoms with E-state index in [0.717, 1.165) is 66.7 Å². The fourth-order valence-electron chi connectivity index (χ4n) is 7.15. The quantitative estimate of drug-likeness (QED) is 0.0976. The van der Waals surface area contributed by atoms with E-state index in [1.807, 2.05) is 97.9 Å². The third-order valence-corrected chi connectivity index (χ3v) is 9.99. The molecule has 1 heterocycles. The molecule has 1 aliphatic rings. The number of nitrogens with zero attached hydrogens (tertiary/aromatic N) is 3. The summed E-state index contributed by atoms with van der Waals surface area (Å²) in [4.78, 5) is 58.6. The van der Waals surface area contributed by atoms with Crippen molar-refractivity contribution in [2.75, 3.05) is 39.1 Å². The molecule has 4 aromatic rings. The van der Waals surface area contributed by atoms with Gasteiger partial charge in [0.05, 0.1) is 19.2 Å². The third-order valence-electron chi connectivity index (χ3n) is 9.99. The molecule has 1 unspecified atom stereocenters. The summed E-state index contributed by atoms with van der Waals surface area (Å²) in [5, 5.41) is 3.08. The molecular formula is C45H55N5O5. The Morgan fingerprint density at radius 2 is 1.58 bits per heavy atom. The molecule has 0 fully saturated rings. The fourth-order valence-corrected chi connectivity index (χ4v) is 7.15. The Morgan fingerprint density at radius 1 is 0.891 bits per heavy atom. The van der Waals surface area contributed by atoms with Crippen molar-refractivity contribution in [3.05, 3.63) is 130 Å². The lowest BCUT2D eigenvalue weighted by Crippen LogP contribution is -2.40. The highest BCUT2D eigenvalue weighted by atomic mass is 16.5. The molecule has 0 spiro atoms. The molecule has 4 amide bonds. The molecule has 10 heteroatoms. The highest BCUT2D eigenvalue weighted by Crippen LogP contribution is 2.36. The number of ether oxygens (including phenoxy) is 1. The van der Waals surface area contributed by atoms with E-state index in [-0.39, 0.29) is 42.8 Å². The van der Waals surface area contributed by atoms with Gasteiger partial charge in [0, 0.05) is 42.4 Å². The van der Waals surface area contributed by atoms with Crippen molar-refractivity contribution in [3.8, 4) is 5.75 Å². The van der Waals surface area contributed by atoms with E-state index in [2.05, 4.69) is 24.1 Å². The van der Waals surface area contributed by atoms with Gasteiger partial charge in [-0.05, 0) is 98.4 Å². The Kier molecular flexibility index (Phi) is 14.6. The van der Waals surface area contributed by atoms with Crippen molar-refractivity contribution in [2.45, 2.75) is 71.5 Å². The maximum Gasteiger partial charge on any atom is 0.255 e. The zero-order valence-corrected chi connectivity index (χ0v) is 32.6. The monoisotopic (exact) mass is 745 g/mol. The normalized spacial score (nSPS) is 13.8. The highest BCUT2D eigenvalue weighted by Gasteiger charge is 2.34. The Bertz CT molecular complexity index is 1890. The van der Waals surface area contributed by atoms with Gasteiger partial charge in [0.1, 0.15) is 5.75 Å². The van der Waals surface area contributed by atoms with Gasteiger partial charge in [0.2, 0.25) is 11.8 Å². The summed E-state index contributed by atoms with van der Waals surface area (Å²) in [5.41, 5.74) is 10.7. The van der Waals surface area contributed by atoms with E-state index in [1.54, 1.807) is 18.2 Å². The summed E-state index contributed by atoms with van der Waals surface area (Å²) in [6.07, 6.45) is 4.99. The second kappa shape index (κ2) is 19.7. The van der Waals surface area contributed by atoms with Crippen LogP contribution in [0.25, 0.3) is 0 Å². The van der Waals surface area contributed by atoms with Crippen molar-refractivity contribution in [1.29, 1.82) is 0 Å². The Labute approximate surface area is 325 Å². The number of benzene rings is 4. The summed E-state index contributed by atoms with van der Waals surface area (Å²) in [6.45, 7) is 6.05. The number of primary amides is 1. The second-order valence-electron chi connectivity index (χ2n) is 14.7. The van der Waals surface area contributed by atoms with Crippen LogP contribution in [0.3, 0.4) is 0 Å². The first kappa shape index (κ1) is 40.7. The third kappa shape index (κ3) is 11.3. The van der Waals surface area contributed by atoms with Crippen LogP contribution in [-0.4, -0.2) is 72.1 Å². The topological polar surface area (TPSA) is 125 Å². The summed E-state index contributed by atoms with van der Waals surface area (Å²) in [7, 11) is 4.08. The van der Waals surface area contributed by atoms with E-state index in [4.69, 9.17) is 10.5 Å². The zero-order chi connectivity index (χ0) is 39.3. The maximum atomic E-state index is 14.5. The van der Waals surface area contributed by atoms with Crippen LogP contribution >= 0.6 is 0 Å². The van der Waals surface area contributed by atoms with E-state index in [1.165, 1.54) is 4.90 Å². The number of hydrogen-bond donors (Lipinski definition) is 2. The molecule has 4 aromatic carbocycles. The fraction of sp³-hybridized carbons (Fsp3) is 0.378. The molecule has 0 aromatic heterocycles. The minimum Gasteiger partial charge on any atom is -0.494 e. The van der Waals surface area contributed by atoms with E-state index in [9.17, 15) is 19.2 Å². The summed E-state index contributed by atoms with van der Waals surface area (Å²) in [5.74, 6) is -0.352. The smallest absolute Gasteiger partial charge is 0.255 e. The Balaban J connectivity index is 1.39. The molecule has 3 N–H and O–H groups in total. The number of nitrogens with one attached hydrogen (secondary N) is 1. The number of hydrogen-bond acceptors (Lipinski definition) is 6. The van der Waals surface area contributed by atoms with Crippen LogP contribution in [0.2, 0.25) is 0 Å². The van der Waals surface area contributed by atoms with Gasteiger partial charge < -0.3 is 30.5 Å². The van der Waals surface area contributed by atoms with Crippen LogP contribution in [0.15, 0.2) is 97.1 Å². The number of nitrogens with two attached hydrogens (primary N) is 1. The molecule has 55 heavy (non-hydrogen) atoms. The minimum atomic E-state index is -0.593. The van der Waals surface area contributed by atoms with E-state index >= 15 is 0 Å². The van der Waals surface area contributed by atoms with Crippen molar-refractivity contribution < 1.29 is 23.9 Å². The van der Waals surface area contributed by atoms with Crippen molar-refractivity contribution in [3.63, 3.8) is 0 Å². The SMILES string of the molecule is CCCC(CCC)C(=O)Nc1ccc2c(c1)C(=O)N(Cc1ccc(C(=O)N(CC(N)=O)Cc3ccccc3)cc1)C(c1ccc(OCCCN(C)C)cc1)C2. The number of anilines is 1. The van der Waals surface area contributed by atoms with Gasteiger partial charge in [-0.25, -0.2) is 0 Å². The van der Waals surface area contributed by atoms with Gasteiger partial charge in [-0.1, -0.05) is 87.4 Å². The molecule has 1 atom stereocenters. The van der Waals surface area contributed by atoms with Gasteiger partial charge in [0.15, 0.2) is 0 Å². The molecule has 0 saturated carbocycles. The number of rotatable bonds is 19. The lowest BCUT2D eigenvalue weighted by Gasteiger charge is -2.37. The van der Waals surface area contributed by atoms with E-state index < -0.39 is 5.91 Å². The predicted octanol–water partition coefficient (Wildman–Crippen LogP) is 7.24. The zero-order valence-electron chi connectivity index (χ0n) is 32.6. The molecule has 1 aliphatic heterocycles. The summed E-state index contributed by atoms with van der Waals surface area (Å²) >= 11 is 0. The second-order valence-corrected chi connectivity index (χ2v) is 14.7. The van der Waals surface area contributed by atoms with Gasteiger partial charge >= 0.3 is 0 Å². The Morgan fingerprint density at radius 3 is 2.22 bits per heavy atom. The molecule has 0 saturated heterocycles. The first-order chi connectivity index (χ1) is 26.6. The molecular weight excluding hydrogens is 691 g/mol. The predicted molar refractivity (Wildman–Crippen MR) is 217 cm³/mol.